The average molecular weight is 325 g/mol. The van der Waals surface area contributed by atoms with Crippen molar-refractivity contribution in [2.24, 2.45) is 0 Å². The molecule has 1 aromatic heterocycles. The molecule has 0 aliphatic carbocycles. The minimum Gasteiger partial charge on any atom is -0.478 e. The molecule has 2 rings (SSSR count). The third-order valence-electron chi connectivity index (χ3n) is 3.05. The van der Waals surface area contributed by atoms with Gasteiger partial charge in [0.05, 0.1) is 16.5 Å². The Morgan fingerprint density at radius 3 is 2.62 bits per heavy atom. The zero-order valence-corrected chi connectivity index (χ0v) is 13.2. The Hall–Kier alpha value is -1.70. The van der Waals surface area contributed by atoms with Gasteiger partial charge in [-0.15, -0.1) is 11.3 Å². The fourth-order valence-electron chi connectivity index (χ4n) is 1.90. The number of rotatable bonds is 5. The predicted octanol–water partition coefficient (Wildman–Crippen LogP) is 2.79. The van der Waals surface area contributed by atoms with E-state index in [1.807, 2.05) is 17.5 Å². The van der Waals surface area contributed by atoms with Crippen molar-refractivity contribution in [1.82, 2.24) is 4.72 Å². The molecule has 0 bridgehead atoms. The molecule has 0 radical (unpaired) electrons. The smallest absolute Gasteiger partial charge is 0.335 e. The summed E-state index contributed by atoms with van der Waals surface area (Å²) < 4.78 is 27.2. The Morgan fingerprint density at radius 1 is 1.33 bits per heavy atom. The third kappa shape index (κ3) is 3.49. The number of aryl methyl sites for hydroxylation is 1. The van der Waals surface area contributed by atoms with Gasteiger partial charge in [-0.05, 0) is 43.0 Å². The first-order valence-corrected chi connectivity index (χ1v) is 8.57. The Kier molecular flexibility index (Phi) is 4.46. The fourth-order valence-corrected chi connectivity index (χ4v) is 3.95. The minimum atomic E-state index is -3.77. The molecule has 0 saturated carbocycles. The van der Waals surface area contributed by atoms with E-state index < -0.39 is 16.0 Å². The maximum Gasteiger partial charge on any atom is 0.335 e. The molecular weight excluding hydrogens is 310 g/mol. The van der Waals surface area contributed by atoms with Gasteiger partial charge in [-0.2, -0.15) is 0 Å². The number of carboxylic acids is 1. The van der Waals surface area contributed by atoms with Crippen molar-refractivity contribution in [2.45, 2.75) is 24.8 Å². The van der Waals surface area contributed by atoms with E-state index in [0.29, 0.717) is 5.56 Å². The van der Waals surface area contributed by atoms with Gasteiger partial charge in [-0.25, -0.2) is 17.9 Å². The van der Waals surface area contributed by atoms with Gasteiger partial charge in [0, 0.05) is 4.88 Å². The second-order valence-corrected chi connectivity index (χ2v) is 7.33. The summed E-state index contributed by atoms with van der Waals surface area (Å²) in [6.07, 6.45) is 0. The first kappa shape index (κ1) is 15.7. The lowest BCUT2D eigenvalue weighted by Crippen LogP contribution is -2.26. The zero-order chi connectivity index (χ0) is 15.6. The highest BCUT2D eigenvalue weighted by molar-refractivity contribution is 7.89. The number of carbonyl (C=O) groups is 1. The van der Waals surface area contributed by atoms with E-state index in [1.54, 1.807) is 13.8 Å². The lowest BCUT2D eigenvalue weighted by molar-refractivity contribution is 0.0696. The quantitative estimate of drug-likeness (QED) is 0.885. The van der Waals surface area contributed by atoms with Gasteiger partial charge in [-0.1, -0.05) is 12.1 Å². The number of sulfonamides is 1. The van der Waals surface area contributed by atoms with Crippen LogP contribution in [0.5, 0.6) is 0 Å². The van der Waals surface area contributed by atoms with E-state index in [1.165, 1.54) is 29.5 Å². The summed E-state index contributed by atoms with van der Waals surface area (Å²) in [6.45, 7) is 3.37. The van der Waals surface area contributed by atoms with E-state index in [4.69, 9.17) is 5.11 Å². The summed E-state index contributed by atoms with van der Waals surface area (Å²) in [4.78, 5) is 11.9. The number of benzene rings is 1. The SMILES string of the molecule is Cc1ccc(S(=O)(=O)N[C@H](C)c2cccs2)cc1C(=O)O. The van der Waals surface area contributed by atoms with Crippen molar-refractivity contribution in [3.8, 4) is 0 Å². The van der Waals surface area contributed by atoms with Crippen molar-refractivity contribution in [3.05, 3.63) is 51.7 Å². The topological polar surface area (TPSA) is 83.5 Å². The maximum absolute atomic E-state index is 12.3. The molecule has 0 unspecified atom stereocenters. The van der Waals surface area contributed by atoms with Crippen LogP contribution in [-0.4, -0.2) is 19.5 Å². The highest BCUT2D eigenvalue weighted by atomic mass is 32.2. The Bertz CT molecular complexity index is 751. The summed E-state index contributed by atoms with van der Waals surface area (Å²) in [5.74, 6) is -1.14. The van der Waals surface area contributed by atoms with Gasteiger partial charge in [0.15, 0.2) is 0 Å². The van der Waals surface area contributed by atoms with Crippen LogP contribution in [-0.2, 0) is 10.0 Å². The Morgan fingerprint density at radius 2 is 2.05 bits per heavy atom. The summed E-state index contributed by atoms with van der Waals surface area (Å²) >= 11 is 1.46. The van der Waals surface area contributed by atoms with E-state index in [-0.39, 0.29) is 16.5 Å². The van der Waals surface area contributed by atoms with Crippen LogP contribution in [0.2, 0.25) is 0 Å². The molecule has 1 heterocycles. The number of aromatic carboxylic acids is 1. The molecule has 1 aromatic carbocycles. The predicted molar refractivity (Wildman–Crippen MR) is 81.2 cm³/mol. The van der Waals surface area contributed by atoms with Gasteiger partial charge in [0.1, 0.15) is 0 Å². The zero-order valence-electron chi connectivity index (χ0n) is 11.5. The molecule has 0 spiro atoms. The molecule has 2 N–H and O–H groups in total. The number of thiophene rings is 1. The second-order valence-electron chi connectivity index (χ2n) is 4.64. The normalized spacial score (nSPS) is 13.0. The largest absolute Gasteiger partial charge is 0.478 e. The second kappa shape index (κ2) is 5.97. The van der Waals surface area contributed by atoms with Crippen LogP contribution in [0.1, 0.15) is 33.8 Å². The van der Waals surface area contributed by atoms with E-state index in [0.717, 1.165) is 4.88 Å². The van der Waals surface area contributed by atoms with Crippen molar-refractivity contribution in [3.63, 3.8) is 0 Å². The lowest BCUT2D eigenvalue weighted by Gasteiger charge is -2.13. The molecule has 1 atom stereocenters. The molecule has 0 amide bonds. The summed E-state index contributed by atoms with van der Waals surface area (Å²) in [5.41, 5.74) is 0.509. The molecule has 112 valence electrons. The van der Waals surface area contributed by atoms with Crippen LogP contribution in [0.25, 0.3) is 0 Å². The van der Waals surface area contributed by atoms with Gasteiger partial charge in [0.2, 0.25) is 10.0 Å². The summed E-state index contributed by atoms with van der Waals surface area (Å²) in [7, 11) is -3.77. The third-order valence-corrected chi connectivity index (χ3v) is 5.65. The molecule has 2 aromatic rings. The number of nitrogens with one attached hydrogen (secondary N) is 1. The molecule has 0 aliphatic heterocycles. The molecule has 0 fully saturated rings. The molecule has 21 heavy (non-hydrogen) atoms. The highest BCUT2D eigenvalue weighted by Crippen LogP contribution is 2.22. The Labute approximate surface area is 127 Å². The van der Waals surface area contributed by atoms with Crippen molar-refractivity contribution < 1.29 is 18.3 Å². The van der Waals surface area contributed by atoms with Crippen LogP contribution in [0.3, 0.4) is 0 Å². The highest BCUT2D eigenvalue weighted by Gasteiger charge is 2.21. The summed E-state index contributed by atoms with van der Waals surface area (Å²) in [5, 5.41) is 10.9. The van der Waals surface area contributed by atoms with E-state index >= 15 is 0 Å². The van der Waals surface area contributed by atoms with Crippen LogP contribution < -0.4 is 4.72 Å². The monoisotopic (exact) mass is 325 g/mol. The Balaban J connectivity index is 2.32. The van der Waals surface area contributed by atoms with Crippen LogP contribution in [0.15, 0.2) is 40.6 Å². The van der Waals surface area contributed by atoms with Crippen LogP contribution in [0.4, 0.5) is 0 Å². The first-order valence-electron chi connectivity index (χ1n) is 6.21. The molecule has 7 heteroatoms. The van der Waals surface area contributed by atoms with Crippen molar-refractivity contribution in [2.75, 3.05) is 0 Å². The standard InChI is InChI=1S/C14H15NO4S2/c1-9-5-6-11(8-12(9)14(16)17)21(18,19)15-10(2)13-4-3-7-20-13/h3-8,10,15H,1-2H3,(H,16,17)/t10-/m1/s1. The van der Waals surface area contributed by atoms with Crippen LogP contribution >= 0.6 is 11.3 Å². The van der Waals surface area contributed by atoms with Crippen molar-refractivity contribution >= 4 is 27.3 Å². The molecular formula is C14H15NO4S2. The van der Waals surface area contributed by atoms with Gasteiger partial charge < -0.3 is 5.11 Å². The van der Waals surface area contributed by atoms with Gasteiger partial charge >= 0.3 is 5.97 Å². The number of hydrogen-bond donors (Lipinski definition) is 2. The fraction of sp³-hybridized carbons (Fsp3) is 0.214. The van der Waals surface area contributed by atoms with E-state index in [9.17, 15) is 13.2 Å². The molecule has 0 aliphatic rings. The van der Waals surface area contributed by atoms with E-state index in [2.05, 4.69) is 4.72 Å². The molecule has 0 saturated heterocycles. The van der Waals surface area contributed by atoms with Crippen LogP contribution in [0, 0.1) is 6.92 Å². The number of carboxylic acid groups (broad SMARTS) is 1. The molecule has 5 nitrogen and oxygen atoms in total. The summed E-state index contributed by atoms with van der Waals surface area (Å²) in [6, 6.07) is 7.40. The van der Waals surface area contributed by atoms with Crippen molar-refractivity contribution in [1.29, 1.82) is 0 Å². The lowest BCUT2D eigenvalue weighted by atomic mass is 10.1. The average Bonchev–Trinajstić information content (AvgIpc) is 2.92. The minimum absolute atomic E-state index is 0.0124. The maximum atomic E-state index is 12.3. The first-order chi connectivity index (χ1) is 9.81. The van der Waals surface area contributed by atoms with Gasteiger partial charge in [-0.3, -0.25) is 0 Å². The van der Waals surface area contributed by atoms with Gasteiger partial charge in [0.25, 0.3) is 0 Å². The number of hydrogen-bond acceptors (Lipinski definition) is 4.